The minimum absolute atomic E-state index is 0.204. The molecule has 0 aromatic carbocycles. The molecule has 1 heterocycles. The van der Waals surface area contributed by atoms with Crippen molar-refractivity contribution in [1.82, 2.24) is 4.90 Å². The Hall–Kier alpha value is -1.90. The second-order valence-electron chi connectivity index (χ2n) is 5.11. The zero-order valence-electron chi connectivity index (χ0n) is 13.6. The molecule has 1 rings (SSSR count). The molecule has 0 aromatic heterocycles. The molecule has 0 aromatic rings. The van der Waals surface area contributed by atoms with Gasteiger partial charge in [-0.3, -0.25) is 9.79 Å². The van der Waals surface area contributed by atoms with Gasteiger partial charge >= 0.3 is 0 Å². The summed E-state index contributed by atoms with van der Waals surface area (Å²) in [5.74, 6) is 0.204. The molecule has 0 unspecified atom stereocenters. The maximum absolute atomic E-state index is 12.0. The molecule has 1 aliphatic heterocycles. The Morgan fingerprint density at radius 2 is 2.19 bits per heavy atom. The minimum atomic E-state index is 0.204. The van der Waals surface area contributed by atoms with Crippen LogP contribution < -0.4 is 0 Å². The predicted octanol–water partition coefficient (Wildman–Crippen LogP) is 3.70. The summed E-state index contributed by atoms with van der Waals surface area (Å²) in [7, 11) is 1.80. The van der Waals surface area contributed by atoms with Crippen LogP contribution in [-0.4, -0.2) is 36.7 Å². The summed E-state index contributed by atoms with van der Waals surface area (Å²) in [5.41, 5.74) is 4.47. The second kappa shape index (κ2) is 8.40. The first kappa shape index (κ1) is 17.2. The van der Waals surface area contributed by atoms with E-state index in [0.29, 0.717) is 13.0 Å². The van der Waals surface area contributed by atoms with Gasteiger partial charge in [0.1, 0.15) is 0 Å². The van der Waals surface area contributed by atoms with Crippen LogP contribution in [0, 0.1) is 0 Å². The molecule has 21 heavy (non-hydrogen) atoms. The number of carbonyl (C=O) groups is 1. The highest BCUT2D eigenvalue weighted by Gasteiger charge is 2.23. The van der Waals surface area contributed by atoms with Gasteiger partial charge < -0.3 is 4.90 Å². The van der Waals surface area contributed by atoms with Gasteiger partial charge in [-0.15, -0.1) is 0 Å². The number of hydrogen-bond acceptors (Lipinski definition) is 2. The van der Waals surface area contributed by atoms with Gasteiger partial charge in [0.15, 0.2) is 0 Å². The highest BCUT2D eigenvalue weighted by atomic mass is 16.2. The predicted molar refractivity (Wildman–Crippen MR) is 90.6 cm³/mol. The first-order valence-electron chi connectivity index (χ1n) is 7.48. The summed E-state index contributed by atoms with van der Waals surface area (Å²) >= 11 is 0. The third kappa shape index (κ3) is 4.28. The molecule has 3 nitrogen and oxygen atoms in total. The third-order valence-corrected chi connectivity index (χ3v) is 3.70. The molecule has 1 aliphatic rings. The van der Waals surface area contributed by atoms with Gasteiger partial charge in [-0.25, -0.2) is 0 Å². The van der Waals surface area contributed by atoms with E-state index in [4.69, 9.17) is 0 Å². The summed E-state index contributed by atoms with van der Waals surface area (Å²) in [5, 5.41) is 0. The van der Waals surface area contributed by atoms with Crippen molar-refractivity contribution in [3.8, 4) is 0 Å². The van der Waals surface area contributed by atoms with E-state index in [1.165, 1.54) is 5.57 Å². The molecule has 0 saturated carbocycles. The quantitative estimate of drug-likeness (QED) is 0.560. The van der Waals surface area contributed by atoms with Crippen LogP contribution in [0.4, 0.5) is 0 Å². The van der Waals surface area contributed by atoms with Crippen molar-refractivity contribution in [2.75, 3.05) is 20.1 Å². The lowest BCUT2D eigenvalue weighted by molar-refractivity contribution is -0.130. The number of allylic oxidation sites excluding steroid dienone is 5. The first-order chi connectivity index (χ1) is 10.1. The van der Waals surface area contributed by atoms with Crippen LogP contribution in [0.5, 0.6) is 0 Å². The number of nitrogens with zero attached hydrogens (tertiary/aromatic N) is 2. The zero-order valence-corrected chi connectivity index (χ0v) is 13.6. The van der Waals surface area contributed by atoms with Crippen molar-refractivity contribution >= 4 is 11.6 Å². The van der Waals surface area contributed by atoms with Gasteiger partial charge in [-0.1, -0.05) is 43.4 Å². The molecule has 0 bridgehead atoms. The van der Waals surface area contributed by atoms with Gasteiger partial charge in [0.25, 0.3) is 0 Å². The fourth-order valence-electron chi connectivity index (χ4n) is 2.53. The van der Waals surface area contributed by atoms with Crippen LogP contribution in [0.15, 0.2) is 52.6 Å². The molecule has 1 amide bonds. The van der Waals surface area contributed by atoms with E-state index in [2.05, 4.69) is 18.5 Å². The lowest BCUT2D eigenvalue weighted by Gasteiger charge is -2.30. The molecular weight excluding hydrogens is 260 g/mol. The second-order valence-corrected chi connectivity index (χ2v) is 5.11. The third-order valence-electron chi connectivity index (χ3n) is 3.70. The monoisotopic (exact) mass is 286 g/mol. The molecule has 0 saturated heterocycles. The topological polar surface area (TPSA) is 32.7 Å². The molecule has 0 radical (unpaired) electrons. The van der Waals surface area contributed by atoms with Crippen LogP contribution in [0.1, 0.15) is 33.6 Å². The summed E-state index contributed by atoms with van der Waals surface area (Å²) in [4.78, 5) is 18.4. The van der Waals surface area contributed by atoms with Crippen molar-refractivity contribution in [2.45, 2.75) is 33.6 Å². The number of rotatable bonds is 5. The molecule has 0 atom stereocenters. The Morgan fingerprint density at radius 1 is 1.48 bits per heavy atom. The largest absolute Gasteiger partial charge is 0.338 e. The number of carbonyl (C=O) groups excluding carboxylic acids is 1. The normalized spacial score (nSPS) is 17.6. The molecule has 0 spiro atoms. The lowest BCUT2D eigenvalue weighted by Crippen LogP contribution is -2.38. The van der Waals surface area contributed by atoms with Crippen LogP contribution in [0.3, 0.4) is 0 Å². The minimum Gasteiger partial charge on any atom is -0.338 e. The fraction of sp³-hybridized carbons (Fsp3) is 0.444. The number of hydrogen-bond donors (Lipinski definition) is 0. The molecule has 0 fully saturated rings. The summed E-state index contributed by atoms with van der Waals surface area (Å²) < 4.78 is 0. The van der Waals surface area contributed by atoms with Gasteiger partial charge in [-0.05, 0) is 31.4 Å². The number of amides is 1. The maximum Gasteiger partial charge on any atom is 0.222 e. The van der Waals surface area contributed by atoms with Gasteiger partial charge in [0.05, 0.1) is 5.71 Å². The summed E-state index contributed by atoms with van der Waals surface area (Å²) in [6.07, 6.45) is 9.23. The van der Waals surface area contributed by atoms with Crippen LogP contribution in [0.2, 0.25) is 0 Å². The van der Waals surface area contributed by atoms with Crippen molar-refractivity contribution < 1.29 is 4.79 Å². The van der Waals surface area contributed by atoms with E-state index in [1.54, 1.807) is 13.1 Å². The van der Waals surface area contributed by atoms with Gasteiger partial charge in [0.2, 0.25) is 5.91 Å². The molecule has 3 heteroatoms. The van der Waals surface area contributed by atoms with Crippen molar-refractivity contribution in [2.24, 2.45) is 4.99 Å². The maximum atomic E-state index is 12.0. The van der Waals surface area contributed by atoms with Crippen LogP contribution in [0.25, 0.3) is 0 Å². The van der Waals surface area contributed by atoms with Gasteiger partial charge in [-0.2, -0.15) is 0 Å². The van der Waals surface area contributed by atoms with E-state index in [-0.39, 0.29) is 5.91 Å². The van der Waals surface area contributed by atoms with Crippen LogP contribution >= 0.6 is 0 Å². The Balaban J connectivity index is 3.17. The fourth-order valence-corrected chi connectivity index (χ4v) is 2.53. The average molecular weight is 286 g/mol. The highest BCUT2D eigenvalue weighted by Crippen LogP contribution is 2.23. The van der Waals surface area contributed by atoms with E-state index < -0.39 is 0 Å². The smallest absolute Gasteiger partial charge is 0.222 e. The van der Waals surface area contributed by atoms with Gasteiger partial charge in [0, 0.05) is 26.6 Å². The SMILES string of the molecule is C=C/C=C(\C=C/C)C(=NC)C1=C(C)CCN(C(=O)CC)C1. The number of aliphatic imine (C=N–C) groups is 1. The molecular formula is C18H26N2O. The molecule has 0 N–H and O–H groups in total. The van der Waals surface area contributed by atoms with Crippen molar-refractivity contribution in [3.05, 3.63) is 47.6 Å². The molecule has 114 valence electrons. The average Bonchev–Trinajstić information content (AvgIpc) is 2.49. The van der Waals surface area contributed by atoms with Crippen LogP contribution in [-0.2, 0) is 4.79 Å². The Kier molecular flexibility index (Phi) is 6.86. The van der Waals surface area contributed by atoms with Crippen molar-refractivity contribution in [3.63, 3.8) is 0 Å². The van der Waals surface area contributed by atoms with E-state index in [1.807, 2.05) is 37.0 Å². The first-order valence-corrected chi connectivity index (χ1v) is 7.48. The standard InChI is InChI=1S/C18H26N2O/c1-6-9-15(10-7-2)18(19-5)16-13-20(17(21)8-3)12-11-14(16)4/h6-7,9-10H,1,8,11-13H2,2-5H3/b10-7-,15-9+,19-18?. The summed E-state index contributed by atoms with van der Waals surface area (Å²) in [6, 6.07) is 0. The lowest BCUT2D eigenvalue weighted by atomic mass is 9.92. The highest BCUT2D eigenvalue weighted by molar-refractivity contribution is 6.15. The molecule has 0 aliphatic carbocycles. The van der Waals surface area contributed by atoms with Crippen molar-refractivity contribution in [1.29, 1.82) is 0 Å². The Bertz CT molecular complexity index is 521. The van der Waals surface area contributed by atoms with E-state index >= 15 is 0 Å². The Morgan fingerprint density at radius 3 is 2.71 bits per heavy atom. The van der Waals surface area contributed by atoms with E-state index in [0.717, 1.165) is 29.8 Å². The van der Waals surface area contributed by atoms with E-state index in [9.17, 15) is 4.79 Å². The Labute approximate surface area is 128 Å². The summed E-state index contributed by atoms with van der Waals surface area (Å²) in [6.45, 7) is 11.3. The zero-order chi connectivity index (χ0) is 15.8.